The van der Waals surface area contributed by atoms with Gasteiger partial charge in [-0.2, -0.15) is 0 Å². The second-order valence-electron chi connectivity index (χ2n) is 27.2. The van der Waals surface area contributed by atoms with E-state index in [2.05, 4.69) is 76.0 Å². The molecule has 0 radical (unpaired) electrons. The number of carbonyl (C=O) groups excluding carboxylic acids is 4. The molecule has 0 aliphatic carbocycles. The Balaban J connectivity index is 1.05. The van der Waals surface area contributed by atoms with Crippen LogP contribution >= 0.6 is 0 Å². The van der Waals surface area contributed by atoms with Gasteiger partial charge < -0.3 is 40.7 Å². The van der Waals surface area contributed by atoms with Gasteiger partial charge in [0.05, 0.1) is 46.1 Å². The third-order valence-electron chi connectivity index (χ3n) is 17.7. The summed E-state index contributed by atoms with van der Waals surface area (Å²) in [6, 6.07) is 25.8. The highest BCUT2D eigenvalue weighted by atomic mass is 32.2. The summed E-state index contributed by atoms with van der Waals surface area (Å²) in [6.07, 6.45) is 4.43. The van der Waals surface area contributed by atoms with Crippen LogP contribution in [0.1, 0.15) is 177 Å². The number of guanidine groups is 1. The summed E-state index contributed by atoms with van der Waals surface area (Å²) in [7, 11) is -4.16. The number of hydrogen-bond acceptors (Lipinski definition) is 14. The molecule has 482 valence electrons. The van der Waals surface area contributed by atoms with Gasteiger partial charge in [0.1, 0.15) is 23.0 Å². The van der Waals surface area contributed by atoms with Gasteiger partial charge in [-0.25, -0.2) is 18.6 Å². The van der Waals surface area contributed by atoms with Crippen molar-refractivity contribution >= 4 is 39.5 Å². The Morgan fingerprint density at radius 1 is 0.784 bits per heavy atom. The van der Waals surface area contributed by atoms with Crippen LogP contribution in [-0.4, -0.2) is 126 Å². The van der Waals surface area contributed by atoms with Gasteiger partial charge >= 0.3 is 5.97 Å². The normalized spacial score (nSPS) is 19.1. The van der Waals surface area contributed by atoms with Crippen LogP contribution in [0, 0.1) is 39.5 Å². The lowest BCUT2D eigenvalue weighted by Crippen LogP contribution is -2.60. The number of rotatable bonds is 26. The number of nitrogens with one attached hydrogen (secondary N) is 3. The van der Waals surface area contributed by atoms with E-state index in [4.69, 9.17) is 25.7 Å². The Bertz CT molecular complexity index is 3160. The molecule has 2 amide bonds. The minimum atomic E-state index is -4.16. The average Bonchev–Trinajstić information content (AvgIpc) is 1.39. The number of unbranched alkanes of at least 4 members (excludes halogenated alkanes) is 1. The average molecular weight is 1230 g/mol. The van der Waals surface area contributed by atoms with Crippen LogP contribution in [0.3, 0.4) is 0 Å². The summed E-state index contributed by atoms with van der Waals surface area (Å²) in [5.41, 5.74) is 20.3. The molecule has 2 saturated heterocycles. The Kier molecular flexibility index (Phi) is 23.0. The van der Waals surface area contributed by atoms with E-state index in [1.54, 1.807) is 44.4 Å². The van der Waals surface area contributed by atoms with Crippen LogP contribution in [0.2, 0.25) is 0 Å². The van der Waals surface area contributed by atoms with Crippen molar-refractivity contribution in [3.63, 3.8) is 0 Å². The molecule has 3 aliphatic heterocycles. The highest BCUT2D eigenvalue weighted by Gasteiger charge is 2.47. The topological polar surface area (TPSA) is 257 Å². The number of hydrogen-bond donors (Lipinski definition) is 6. The number of aryl methyl sites for hydroxylation is 1. The summed E-state index contributed by atoms with van der Waals surface area (Å²) >= 11 is 0. The summed E-state index contributed by atoms with van der Waals surface area (Å²) < 4.78 is 48.8. The van der Waals surface area contributed by atoms with Gasteiger partial charge in [0.15, 0.2) is 5.78 Å². The molecule has 2 fully saturated rings. The zero-order valence-electron chi connectivity index (χ0n) is 54.5. The Labute approximate surface area is 523 Å². The first kappa shape index (κ1) is 69.3. The third kappa shape index (κ3) is 16.8. The van der Waals surface area contributed by atoms with E-state index < -0.39 is 74.8 Å². The molecule has 18 nitrogen and oxygen atoms in total. The first-order valence-electron chi connectivity index (χ1n) is 31.7. The van der Waals surface area contributed by atoms with Gasteiger partial charge in [-0.1, -0.05) is 96.9 Å². The standard InChI is InChI=1S/C69H100N8O10S/c1-44-33-35-52(36-34-44)69(50-26-16-14-17-27-50,51-28-18-15-19-29-51)73-40-21-20-30-54(59(74-82)58(70)48(5)85-66(6,7)8)62(79)77-42-24-32-56(77)63(80)76-41-23-31-55(76)57(78)43-49(64(81)87-67(9,10)11)25-22-39-72-65(71)75-88(83,84)61-46(3)45(2)60-53(47(61)4)37-38-68(12,13)86-60/h14-19,26-29,33-36,48-49,54-56,58-59,73-74,82H,20-25,30-32,37-43,70H2,1-13H3,(H3,71,72,75)/t48-,49?,54?,55?,56?,58?,59?/m1/s1. The molecule has 0 aromatic heterocycles. The zero-order chi connectivity index (χ0) is 64.5. The van der Waals surface area contributed by atoms with Crippen molar-refractivity contribution in [2.24, 2.45) is 28.3 Å². The van der Waals surface area contributed by atoms with E-state index in [-0.39, 0.29) is 59.9 Å². The minimum Gasteiger partial charge on any atom is -0.487 e. The van der Waals surface area contributed by atoms with Crippen LogP contribution < -0.4 is 31.7 Å². The summed E-state index contributed by atoms with van der Waals surface area (Å²) in [5.74, 6) is -2.90. The smallest absolute Gasteiger partial charge is 0.309 e. The molecule has 8 N–H and O–H groups in total. The number of fused-ring (bicyclic) bond motifs is 1. The first-order chi connectivity index (χ1) is 41.4. The lowest BCUT2D eigenvalue weighted by molar-refractivity contribution is -0.161. The predicted molar refractivity (Wildman–Crippen MR) is 344 cm³/mol. The maximum Gasteiger partial charge on any atom is 0.309 e. The summed E-state index contributed by atoms with van der Waals surface area (Å²) in [4.78, 5) is 66.5. The maximum absolute atomic E-state index is 15.4. The quantitative estimate of drug-likeness (QED) is 0.00855. The molecule has 0 saturated carbocycles. The molecule has 19 heteroatoms. The van der Waals surface area contributed by atoms with Crippen LogP contribution in [0.25, 0.3) is 0 Å². The van der Waals surface area contributed by atoms with Gasteiger partial charge in [0.25, 0.3) is 10.0 Å². The molecular weight excluding hydrogens is 1130 g/mol. The van der Waals surface area contributed by atoms with Crippen molar-refractivity contribution in [2.75, 3.05) is 26.2 Å². The molecule has 4 aromatic carbocycles. The van der Waals surface area contributed by atoms with Crippen LogP contribution in [0.15, 0.2) is 94.8 Å². The molecule has 4 aromatic rings. The fourth-order valence-electron chi connectivity index (χ4n) is 13.2. The van der Waals surface area contributed by atoms with Crippen molar-refractivity contribution in [1.82, 2.24) is 25.3 Å². The van der Waals surface area contributed by atoms with Crippen LogP contribution in [0.5, 0.6) is 5.75 Å². The van der Waals surface area contributed by atoms with Crippen LogP contribution in [0.4, 0.5) is 0 Å². The number of nitrogens with zero attached hydrogens (tertiary/aromatic N) is 3. The highest BCUT2D eigenvalue weighted by molar-refractivity contribution is 7.90. The predicted octanol–water partition coefficient (Wildman–Crippen LogP) is 9.54. The molecule has 0 spiro atoms. The fourth-order valence-corrected chi connectivity index (χ4v) is 14.7. The third-order valence-corrected chi connectivity index (χ3v) is 19.3. The lowest BCUT2D eigenvalue weighted by atomic mass is 9.76. The molecule has 7 rings (SSSR count). The first-order valence-corrected chi connectivity index (χ1v) is 33.1. The zero-order valence-corrected chi connectivity index (χ0v) is 55.3. The van der Waals surface area contributed by atoms with Crippen molar-refractivity contribution in [3.8, 4) is 5.75 Å². The molecule has 3 heterocycles. The van der Waals surface area contributed by atoms with Crippen molar-refractivity contribution < 1.29 is 47.0 Å². The van der Waals surface area contributed by atoms with E-state index in [0.29, 0.717) is 82.1 Å². The van der Waals surface area contributed by atoms with Gasteiger partial charge in [-0.15, -0.1) is 0 Å². The van der Waals surface area contributed by atoms with Gasteiger partial charge in [-0.05, 0) is 200 Å². The number of likely N-dealkylation sites (tertiary alicyclic amines) is 2. The summed E-state index contributed by atoms with van der Waals surface area (Å²) in [5, 5.41) is 15.0. The molecule has 0 bridgehead atoms. The van der Waals surface area contributed by atoms with Crippen molar-refractivity contribution in [3.05, 3.63) is 129 Å². The largest absolute Gasteiger partial charge is 0.487 e. The number of aliphatic imine (C=N–C) groups is 1. The maximum atomic E-state index is 15.4. The van der Waals surface area contributed by atoms with E-state index in [0.717, 1.165) is 45.6 Å². The SMILES string of the molecule is Cc1ccc(C(NCCCCC(C(=O)N2CCCC2C(=O)N2CCCC2C(=O)CC(CCCN=C(N)NS(=O)(=O)c2c(C)c(C)c3c(c2C)CCC(C)(C)O3)C(=O)OC(C)(C)C)C(NO)C(N)[C@@H](C)OC(C)(C)C)(c2ccccc2)c2ccccc2)cc1. The summed E-state index contributed by atoms with van der Waals surface area (Å²) in [6.45, 7) is 25.5. The number of esters is 1. The van der Waals surface area contributed by atoms with Crippen LogP contribution in [-0.2, 0) is 50.6 Å². The monoisotopic (exact) mass is 1230 g/mol. The number of carbonyl (C=O) groups is 4. The molecule has 3 aliphatic rings. The molecule has 88 heavy (non-hydrogen) atoms. The van der Waals surface area contributed by atoms with Crippen molar-refractivity contribution in [1.29, 1.82) is 0 Å². The van der Waals surface area contributed by atoms with Gasteiger partial charge in [-0.3, -0.25) is 29.5 Å². The minimum absolute atomic E-state index is 0.0424. The number of ether oxygens (including phenoxy) is 3. The second-order valence-corrected chi connectivity index (χ2v) is 28.8. The van der Waals surface area contributed by atoms with E-state index in [9.17, 15) is 23.2 Å². The Hall–Kier alpha value is -6.22. The second kappa shape index (κ2) is 29.2. The highest BCUT2D eigenvalue weighted by Crippen LogP contribution is 2.43. The van der Waals surface area contributed by atoms with E-state index in [1.807, 2.05) is 84.9 Å². The Morgan fingerprint density at radius 2 is 1.38 bits per heavy atom. The number of ketones is 1. The lowest BCUT2D eigenvalue weighted by Gasteiger charge is -2.39. The number of sulfonamides is 1. The van der Waals surface area contributed by atoms with Gasteiger partial charge in [0, 0.05) is 32.1 Å². The number of amides is 2. The van der Waals surface area contributed by atoms with Gasteiger partial charge in [0.2, 0.25) is 17.8 Å². The molecular formula is C69H100N8O10S. The Morgan fingerprint density at radius 3 is 1.97 bits per heavy atom. The number of Topliss-reactive ketones (excluding diaryl/α,β-unsaturated/α-hetero) is 1. The molecule has 6 unspecified atom stereocenters. The van der Waals surface area contributed by atoms with E-state index in [1.165, 1.54) is 0 Å². The van der Waals surface area contributed by atoms with Crippen molar-refractivity contribution in [2.45, 2.75) is 225 Å². The molecule has 7 atom stereocenters. The van der Waals surface area contributed by atoms with E-state index >= 15 is 9.59 Å². The number of hydroxylamine groups is 1. The fraction of sp³-hybridized carbons (Fsp3) is 0.580. The number of nitrogens with two attached hydrogens (primary N) is 2. The number of benzene rings is 4.